The van der Waals surface area contributed by atoms with E-state index in [2.05, 4.69) is 6.92 Å². The van der Waals surface area contributed by atoms with E-state index in [0.29, 0.717) is 5.76 Å². The van der Waals surface area contributed by atoms with Crippen molar-refractivity contribution in [1.82, 2.24) is 0 Å². The number of aryl methyl sites for hydroxylation is 1. The highest BCUT2D eigenvalue weighted by Crippen LogP contribution is 2.17. The van der Waals surface area contributed by atoms with E-state index in [-0.39, 0.29) is 5.83 Å². The predicted molar refractivity (Wildman–Crippen MR) is 99.5 cm³/mol. The maximum absolute atomic E-state index is 12.7. The first-order valence-corrected chi connectivity index (χ1v) is 8.21. The molecular weight excluding hydrogens is 291 g/mol. The third-order valence-corrected chi connectivity index (χ3v) is 2.32. The largest absolute Gasteiger partial charge is 0.458 e. The Balaban J connectivity index is -0.000000595. The lowest BCUT2D eigenvalue weighted by molar-refractivity contribution is -0.0979. The summed E-state index contributed by atoms with van der Waals surface area (Å²) in [5, 5.41) is 0. The molecule has 0 N–H and O–H groups in total. The molecule has 1 rings (SSSR count). The van der Waals surface area contributed by atoms with E-state index in [4.69, 9.17) is 9.53 Å². The average molecular weight is 324 g/mol. The molecule has 0 unspecified atom stereocenters. The Bertz CT molecular complexity index is 416. The number of carbonyl (C=O) groups is 1. The molecule has 0 atom stereocenters. The molecule has 0 saturated heterocycles. The van der Waals surface area contributed by atoms with E-state index in [0.717, 1.165) is 18.6 Å². The van der Waals surface area contributed by atoms with E-state index >= 15 is 0 Å². The van der Waals surface area contributed by atoms with Gasteiger partial charge in [-0.15, -0.1) is 0 Å². The third-order valence-electron chi connectivity index (χ3n) is 2.32. The zero-order valence-corrected chi connectivity index (χ0v) is 15.8. The smallest absolute Gasteiger partial charge is 0.127 e. The van der Waals surface area contributed by atoms with Gasteiger partial charge in [-0.25, -0.2) is 4.39 Å². The second-order valence-electron chi connectivity index (χ2n) is 3.92. The fraction of sp³-hybridized carbons (Fsp3) is 0.450. The monoisotopic (exact) mass is 324 g/mol. The van der Waals surface area contributed by atoms with Crippen LogP contribution in [0.4, 0.5) is 4.39 Å². The van der Waals surface area contributed by atoms with Crippen molar-refractivity contribution in [3.05, 3.63) is 53.6 Å². The van der Waals surface area contributed by atoms with E-state index in [1.165, 1.54) is 18.6 Å². The minimum absolute atomic E-state index is 0.263. The number of benzene rings is 1. The summed E-state index contributed by atoms with van der Waals surface area (Å²) in [5.74, 6) is 0.990. The molecule has 0 spiro atoms. The maximum atomic E-state index is 12.7. The summed E-state index contributed by atoms with van der Waals surface area (Å²) in [6, 6.07) is 7.90. The van der Waals surface area contributed by atoms with Crippen LogP contribution in [0, 0.1) is 0 Å². The van der Waals surface area contributed by atoms with Crippen molar-refractivity contribution in [2.75, 3.05) is 0 Å². The lowest BCUT2D eigenvalue weighted by Crippen LogP contribution is -1.93. The highest BCUT2D eigenvalue weighted by Gasteiger charge is 1.98. The average Bonchev–Trinajstić information content (AvgIpc) is 2.61. The van der Waals surface area contributed by atoms with Crippen LogP contribution in [0.15, 0.2) is 48.0 Å². The molecule has 0 aliphatic heterocycles. The van der Waals surface area contributed by atoms with Gasteiger partial charge in [-0.1, -0.05) is 53.2 Å². The molecule has 1 aromatic carbocycles. The Morgan fingerprint density at radius 1 is 1.13 bits per heavy atom. The van der Waals surface area contributed by atoms with E-state index in [9.17, 15) is 4.39 Å². The summed E-state index contributed by atoms with van der Waals surface area (Å²) in [7, 11) is 0. The van der Waals surface area contributed by atoms with Gasteiger partial charge in [-0.2, -0.15) is 0 Å². The Hall–Kier alpha value is -1.90. The van der Waals surface area contributed by atoms with Crippen LogP contribution in [0.2, 0.25) is 0 Å². The quantitative estimate of drug-likeness (QED) is 0.447. The number of allylic oxidation sites excluding steroid dienone is 3. The number of hydrogen-bond donors (Lipinski definition) is 0. The van der Waals surface area contributed by atoms with Crippen molar-refractivity contribution < 1.29 is 13.9 Å². The summed E-state index contributed by atoms with van der Waals surface area (Å²) in [5.41, 5.74) is 1.29. The van der Waals surface area contributed by atoms with Crippen molar-refractivity contribution in [3.63, 3.8) is 0 Å². The number of halogens is 1. The standard InChI is InChI=1S/C15H19FO.2C2H6.CH2O/c1-4-6-13-7-9-15(10-8-13)17-14(5-2)11-12(3)16;3*1-2/h5,7-11H,4,6H2,1-3H3;2*1-2H3;1H2/b12-11+,14-5+;;;. The highest BCUT2D eigenvalue weighted by molar-refractivity contribution is 5.30. The lowest BCUT2D eigenvalue weighted by atomic mass is 10.1. The number of carbonyl (C=O) groups excluding carboxylic acids is 1. The molecule has 0 aliphatic carbocycles. The first-order valence-electron chi connectivity index (χ1n) is 8.21. The first-order chi connectivity index (χ1) is 11.2. The Kier molecular flexibility index (Phi) is 22.7. The molecule has 0 fully saturated rings. The van der Waals surface area contributed by atoms with E-state index in [1.54, 1.807) is 6.08 Å². The summed E-state index contributed by atoms with van der Waals surface area (Å²) in [6.07, 6.45) is 5.31. The van der Waals surface area contributed by atoms with E-state index in [1.807, 2.05) is 65.7 Å². The van der Waals surface area contributed by atoms with Crippen LogP contribution < -0.4 is 4.74 Å². The number of hydrogen-bond acceptors (Lipinski definition) is 2. The SMILES string of the molecule is C/C=C(\C=C(/C)F)Oc1ccc(CCC)cc1.C=O.CC.CC. The first kappa shape index (κ1) is 26.0. The summed E-state index contributed by atoms with van der Waals surface area (Å²) in [4.78, 5) is 8.00. The van der Waals surface area contributed by atoms with Gasteiger partial charge in [0, 0.05) is 6.08 Å². The minimum Gasteiger partial charge on any atom is -0.458 e. The van der Waals surface area contributed by atoms with Crippen LogP contribution in [0.1, 0.15) is 60.5 Å². The Labute approximate surface area is 142 Å². The number of rotatable bonds is 5. The second kappa shape index (κ2) is 20.1. The molecule has 0 bridgehead atoms. The minimum atomic E-state index is -0.263. The number of ether oxygens (including phenoxy) is 1. The van der Waals surface area contributed by atoms with Gasteiger partial charge in [-0.05, 0) is 44.0 Å². The van der Waals surface area contributed by atoms with Crippen molar-refractivity contribution in [2.24, 2.45) is 0 Å². The van der Waals surface area contributed by atoms with Gasteiger partial charge in [-0.3, -0.25) is 0 Å². The van der Waals surface area contributed by atoms with Gasteiger partial charge in [0.05, 0.1) is 0 Å². The molecule has 3 heteroatoms. The van der Waals surface area contributed by atoms with Gasteiger partial charge in [0.25, 0.3) is 0 Å². The molecule has 0 aliphatic rings. The molecule has 23 heavy (non-hydrogen) atoms. The van der Waals surface area contributed by atoms with Crippen LogP contribution >= 0.6 is 0 Å². The van der Waals surface area contributed by atoms with Crippen LogP contribution in [-0.2, 0) is 11.2 Å². The van der Waals surface area contributed by atoms with Crippen LogP contribution in [-0.4, -0.2) is 6.79 Å². The molecule has 0 saturated carbocycles. The van der Waals surface area contributed by atoms with Gasteiger partial charge in [0.15, 0.2) is 0 Å². The summed E-state index contributed by atoms with van der Waals surface area (Å²) >= 11 is 0. The summed E-state index contributed by atoms with van der Waals surface area (Å²) < 4.78 is 18.3. The predicted octanol–water partition coefficient (Wildman–Crippen LogP) is 6.66. The van der Waals surface area contributed by atoms with Gasteiger partial charge >= 0.3 is 0 Å². The van der Waals surface area contributed by atoms with Crippen LogP contribution in [0.5, 0.6) is 5.75 Å². The second-order valence-corrected chi connectivity index (χ2v) is 3.92. The van der Waals surface area contributed by atoms with E-state index < -0.39 is 0 Å². The molecule has 0 heterocycles. The van der Waals surface area contributed by atoms with Gasteiger partial charge in [0.1, 0.15) is 24.1 Å². The highest BCUT2D eigenvalue weighted by atomic mass is 19.1. The van der Waals surface area contributed by atoms with Crippen LogP contribution in [0.3, 0.4) is 0 Å². The zero-order valence-electron chi connectivity index (χ0n) is 15.8. The fourth-order valence-corrected chi connectivity index (χ4v) is 1.52. The zero-order chi connectivity index (χ0) is 18.7. The molecular formula is C20H33FO2. The summed E-state index contributed by atoms with van der Waals surface area (Å²) in [6.45, 7) is 15.4. The van der Waals surface area contributed by atoms with Crippen molar-refractivity contribution in [1.29, 1.82) is 0 Å². The Morgan fingerprint density at radius 3 is 1.96 bits per heavy atom. The molecule has 132 valence electrons. The lowest BCUT2D eigenvalue weighted by Gasteiger charge is -2.07. The normalized spacial score (nSPS) is 10.1. The molecule has 2 nitrogen and oxygen atoms in total. The van der Waals surface area contributed by atoms with Crippen molar-refractivity contribution >= 4 is 6.79 Å². The molecule has 0 aromatic heterocycles. The van der Waals surface area contributed by atoms with Crippen LogP contribution in [0.25, 0.3) is 0 Å². The molecule has 0 amide bonds. The molecule has 0 radical (unpaired) electrons. The Morgan fingerprint density at radius 2 is 1.61 bits per heavy atom. The third kappa shape index (κ3) is 14.8. The van der Waals surface area contributed by atoms with Crippen molar-refractivity contribution in [2.45, 2.75) is 61.3 Å². The fourth-order valence-electron chi connectivity index (χ4n) is 1.52. The maximum Gasteiger partial charge on any atom is 0.127 e. The van der Waals surface area contributed by atoms with Gasteiger partial charge < -0.3 is 9.53 Å². The molecule has 1 aromatic rings. The van der Waals surface area contributed by atoms with Gasteiger partial charge in [0.2, 0.25) is 0 Å². The topological polar surface area (TPSA) is 26.3 Å². The van der Waals surface area contributed by atoms with Crippen molar-refractivity contribution in [3.8, 4) is 5.75 Å².